The first-order valence-electron chi connectivity index (χ1n) is 9.26. The number of aryl methyl sites for hydroxylation is 2. The summed E-state index contributed by atoms with van der Waals surface area (Å²) in [6.45, 7) is 9.71. The minimum atomic E-state index is 0.599. The summed E-state index contributed by atoms with van der Waals surface area (Å²) < 4.78 is 5.29. The Balaban J connectivity index is 1.86. The highest BCUT2D eigenvalue weighted by Gasteiger charge is 2.14. The van der Waals surface area contributed by atoms with Crippen LogP contribution in [0, 0.1) is 25.2 Å². The second-order valence-corrected chi connectivity index (χ2v) is 6.71. The van der Waals surface area contributed by atoms with Crippen molar-refractivity contribution in [2.45, 2.75) is 27.2 Å². The molecule has 0 fully saturated rings. The van der Waals surface area contributed by atoms with Gasteiger partial charge in [0.25, 0.3) is 5.82 Å². The fourth-order valence-corrected chi connectivity index (χ4v) is 2.92. The zero-order valence-electron chi connectivity index (χ0n) is 16.2. The fraction of sp³-hybridized carbons (Fsp3) is 0.450. The molecule has 0 aliphatic heterocycles. The van der Waals surface area contributed by atoms with Crippen LogP contribution in [0.4, 0.5) is 5.82 Å². The van der Waals surface area contributed by atoms with Crippen LogP contribution in [0.15, 0.2) is 18.2 Å². The first kappa shape index (κ1) is 20.9. The summed E-state index contributed by atoms with van der Waals surface area (Å²) in [6, 6.07) is 8.28. The maximum atomic E-state index is 9.44. The molecule has 0 spiro atoms. The van der Waals surface area contributed by atoms with Crippen LogP contribution in [-0.2, 0) is 4.74 Å². The van der Waals surface area contributed by atoms with Crippen molar-refractivity contribution in [3.63, 3.8) is 0 Å². The van der Waals surface area contributed by atoms with E-state index in [2.05, 4.69) is 46.9 Å². The van der Waals surface area contributed by atoms with E-state index in [4.69, 9.17) is 17.0 Å². The van der Waals surface area contributed by atoms with Crippen molar-refractivity contribution in [2.24, 2.45) is 0 Å². The Bertz CT molecular complexity index is 831. The van der Waals surface area contributed by atoms with Gasteiger partial charge in [0.1, 0.15) is 23.7 Å². The molecular weight excluding hydrogens is 358 g/mol. The predicted molar refractivity (Wildman–Crippen MR) is 113 cm³/mol. The van der Waals surface area contributed by atoms with E-state index in [1.807, 2.05) is 19.1 Å². The van der Waals surface area contributed by atoms with Crippen molar-refractivity contribution in [2.75, 3.05) is 38.2 Å². The van der Waals surface area contributed by atoms with Crippen molar-refractivity contribution >= 4 is 34.1 Å². The third-order valence-corrected chi connectivity index (χ3v) is 4.66. The highest BCUT2D eigenvalue weighted by molar-refractivity contribution is 7.80. The second kappa shape index (κ2) is 10.7. The van der Waals surface area contributed by atoms with E-state index in [1.54, 1.807) is 0 Å². The van der Waals surface area contributed by atoms with E-state index in [0.717, 1.165) is 42.9 Å². The van der Waals surface area contributed by atoms with Gasteiger partial charge in [-0.1, -0.05) is 12.1 Å². The van der Waals surface area contributed by atoms with Crippen molar-refractivity contribution in [1.29, 1.82) is 5.26 Å². The minimum absolute atomic E-state index is 0.599. The molecule has 0 bridgehead atoms. The quantitative estimate of drug-likeness (QED) is 0.454. The van der Waals surface area contributed by atoms with Gasteiger partial charge in [-0.25, -0.2) is 4.98 Å². The number of nitrogens with zero attached hydrogens (tertiary/aromatic N) is 1. The van der Waals surface area contributed by atoms with E-state index in [-0.39, 0.29) is 0 Å². The van der Waals surface area contributed by atoms with Crippen LogP contribution in [0.1, 0.15) is 30.0 Å². The number of rotatable bonds is 9. The lowest BCUT2D eigenvalue weighted by atomic mass is 10.0. The highest BCUT2D eigenvalue weighted by Crippen LogP contribution is 2.21. The molecule has 0 atom stereocenters. The molecular formula is C20H28N5OS+. The summed E-state index contributed by atoms with van der Waals surface area (Å²) in [4.78, 5) is 3.37. The molecule has 1 aromatic carbocycles. The largest absolute Gasteiger partial charge is 0.382 e. The van der Waals surface area contributed by atoms with Crippen LogP contribution in [0.5, 0.6) is 0 Å². The maximum Gasteiger partial charge on any atom is 0.290 e. The van der Waals surface area contributed by atoms with E-state index in [0.29, 0.717) is 23.8 Å². The fourth-order valence-electron chi connectivity index (χ4n) is 2.72. The summed E-state index contributed by atoms with van der Waals surface area (Å²) in [6.07, 6.45) is 0.921. The Labute approximate surface area is 166 Å². The number of nitriles is 1. The Morgan fingerprint density at radius 1 is 1.22 bits per heavy atom. The summed E-state index contributed by atoms with van der Waals surface area (Å²) >= 11 is 5.25. The zero-order valence-corrected chi connectivity index (χ0v) is 17.1. The Kier molecular flexibility index (Phi) is 8.24. The minimum Gasteiger partial charge on any atom is -0.382 e. The van der Waals surface area contributed by atoms with Gasteiger partial charge in [-0.15, -0.1) is 0 Å². The molecule has 2 rings (SSSR count). The first-order valence-corrected chi connectivity index (χ1v) is 9.67. The van der Waals surface area contributed by atoms with Gasteiger partial charge in [0.05, 0.1) is 6.54 Å². The Hall–Kier alpha value is -2.43. The number of fused-ring (bicyclic) bond motifs is 1. The van der Waals surface area contributed by atoms with Crippen molar-refractivity contribution < 1.29 is 9.72 Å². The molecule has 1 aromatic heterocycles. The van der Waals surface area contributed by atoms with Crippen LogP contribution in [0.2, 0.25) is 0 Å². The van der Waals surface area contributed by atoms with Gasteiger partial charge in [0.2, 0.25) is 0 Å². The van der Waals surface area contributed by atoms with Crippen molar-refractivity contribution in [1.82, 2.24) is 10.6 Å². The van der Waals surface area contributed by atoms with Gasteiger partial charge in [-0.3, -0.25) is 5.32 Å². The second-order valence-electron chi connectivity index (χ2n) is 6.30. The number of anilines is 1. The third-order valence-electron chi connectivity index (χ3n) is 4.38. The molecule has 27 heavy (non-hydrogen) atoms. The van der Waals surface area contributed by atoms with Gasteiger partial charge >= 0.3 is 0 Å². The van der Waals surface area contributed by atoms with Crippen LogP contribution in [-0.4, -0.2) is 38.0 Å². The molecule has 4 N–H and O–H groups in total. The SMILES string of the molecule is CCOCCCNC(=S)NCCNc1[nH+]c2c(C)c(C)ccc2cc1C#N. The summed E-state index contributed by atoms with van der Waals surface area (Å²) in [7, 11) is 0. The third kappa shape index (κ3) is 6.05. The van der Waals surface area contributed by atoms with Gasteiger partial charge in [-0.05, 0) is 56.6 Å². The standard InChI is InChI=1S/C20H27N5OS/c1-4-26-11-5-8-23-20(27)24-10-9-22-19-17(13-21)12-16-7-6-14(2)15(3)18(16)25-19/h6-7,12H,4-5,8-11H2,1-3H3,(H,22,25)(H2,23,24,27)/p+1. The lowest BCUT2D eigenvalue weighted by molar-refractivity contribution is -0.328. The molecule has 7 heteroatoms. The van der Waals surface area contributed by atoms with Crippen LogP contribution in [0.3, 0.4) is 0 Å². The number of benzene rings is 1. The van der Waals surface area contributed by atoms with Gasteiger partial charge in [-0.2, -0.15) is 5.26 Å². The first-order chi connectivity index (χ1) is 13.1. The van der Waals surface area contributed by atoms with Gasteiger partial charge in [0, 0.05) is 25.1 Å². The van der Waals surface area contributed by atoms with E-state index >= 15 is 0 Å². The van der Waals surface area contributed by atoms with E-state index in [9.17, 15) is 5.26 Å². The number of aromatic amines is 1. The normalized spacial score (nSPS) is 10.4. The van der Waals surface area contributed by atoms with E-state index < -0.39 is 0 Å². The molecule has 0 saturated carbocycles. The van der Waals surface area contributed by atoms with Crippen molar-refractivity contribution in [3.8, 4) is 6.07 Å². The van der Waals surface area contributed by atoms with Crippen LogP contribution >= 0.6 is 12.2 Å². The molecule has 1 heterocycles. The van der Waals surface area contributed by atoms with Gasteiger partial charge < -0.3 is 15.4 Å². The molecule has 0 amide bonds. The predicted octanol–water partition coefficient (Wildman–Crippen LogP) is 2.45. The molecule has 2 aromatic rings. The number of ether oxygens (including phenoxy) is 1. The van der Waals surface area contributed by atoms with Gasteiger partial charge in [0.15, 0.2) is 5.11 Å². The maximum absolute atomic E-state index is 9.44. The molecule has 0 aliphatic rings. The zero-order chi connectivity index (χ0) is 19.6. The smallest absolute Gasteiger partial charge is 0.290 e. The number of H-pyrrole nitrogens is 1. The lowest BCUT2D eigenvalue weighted by Gasteiger charge is -2.10. The van der Waals surface area contributed by atoms with E-state index in [1.165, 1.54) is 11.1 Å². The Morgan fingerprint density at radius 2 is 2.00 bits per heavy atom. The topological polar surface area (TPSA) is 83.2 Å². The monoisotopic (exact) mass is 386 g/mol. The molecule has 0 radical (unpaired) electrons. The number of hydrogen-bond acceptors (Lipinski definition) is 4. The molecule has 0 unspecified atom stereocenters. The summed E-state index contributed by atoms with van der Waals surface area (Å²) in [5.74, 6) is 0.732. The number of thiocarbonyl (C=S) groups is 1. The van der Waals surface area contributed by atoms with Crippen LogP contribution in [0.25, 0.3) is 10.9 Å². The van der Waals surface area contributed by atoms with Crippen LogP contribution < -0.4 is 20.9 Å². The molecule has 144 valence electrons. The Morgan fingerprint density at radius 3 is 2.74 bits per heavy atom. The average Bonchev–Trinajstić information content (AvgIpc) is 2.67. The molecule has 6 nitrogen and oxygen atoms in total. The number of hydrogen-bond donors (Lipinski definition) is 3. The number of pyridine rings is 1. The summed E-state index contributed by atoms with van der Waals surface area (Å²) in [5, 5.41) is 20.7. The molecule has 0 aliphatic carbocycles. The average molecular weight is 387 g/mol. The number of aromatic nitrogens is 1. The van der Waals surface area contributed by atoms with Crippen molar-refractivity contribution in [3.05, 3.63) is 34.9 Å². The summed E-state index contributed by atoms with van der Waals surface area (Å²) in [5.41, 5.74) is 4.06. The number of nitrogens with one attached hydrogen (secondary N) is 4. The lowest BCUT2D eigenvalue weighted by Crippen LogP contribution is -2.38. The molecule has 0 saturated heterocycles. The highest BCUT2D eigenvalue weighted by atomic mass is 32.1.